The van der Waals surface area contributed by atoms with E-state index < -0.39 is 0 Å². The van der Waals surface area contributed by atoms with Gasteiger partial charge in [-0.3, -0.25) is 4.90 Å². The van der Waals surface area contributed by atoms with Crippen LogP contribution < -0.4 is 16.0 Å². The van der Waals surface area contributed by atoms with Gasteiger partial charge in [0.1, 0.15) is 5.82 Å². The highest BCUT2D eigenvalue weighted by atomic mass is 16.5. The molecule has 1 aromatic carbocycles. The van der Waals surface area contributed by atoms with Gasteiger partial charge < -0.3 is 30.0 Å². The number of aromatic nitrogens is 4. The normalized spacial score (nSPS) is 18.2. The van der Waals surface area contributed by atoms with Crippen molar-refractivity contribution in [2.24, 2.45) is 13.0 Å². The largest absolute Gasteiger partial charge is 0.397 e. The second-order valence-corrected chi connectivity index (χ2v) is 10.3. The molecule has 2 fully saturated rings. The third kappa shape index (κ3) is 4.98. The molecule has 2 aliphatic heterocycles. The number of nitrogens with one attached hydrogen (secondary N) is 1. The van der Waals surface area contributed by atoms with Crippen LogP contribution in [0.25, 0.3) is 11.2 Å². The summed E-state index contributed by atoms with van der Waals surface area (Å²) in [5, 5.41) is 3.32. The first-order valence-electron chi connectivity index (χ1n) is 12.8. The Bertz CT molecular complexity index is 1200. The van der Waals surface area contributed by atoms with Crippen LogP contribution >= 0.6 is 0 Å². The molecule has 2 saturated heterocycles. The van der Waals surface area contributed by atoms with Gasteiger partial charge in [0.05, 0.1) is 36.7 Å². The van der Waals surface area contributed by atoms with Gasteiger partial charge in [0.25, 0.3) is 0 Å². The first kappa shape index (κ1) is 24.7. The van der Waals surface area contributed by atoms with E-state index in [0.29, 0.717) is 30.8 Å². The Morgan fingerprint density at radius 1 is 1.08 bits per heavy atom. The van der Waals surface area contributed by atoms with Crippen molar-refractivity contribution in [1.82, 2.24) is 24.4 Å². The Hall–Kier alpha value is -2.95. The maximum atomic E-state index is 6.17. The standard InChI is InChI=1S/C26H38N8O2/c1-26(2,35-4)18-9-11-33(12-10-18)17-21-29-22-23(32(21)3)30-25(28-20-8-6-5-7-19(20)27)31-24(22)34-13-15-36-16-14-34/h5-8,18H,9-17,27H2,1-4H3,(H,28,30,31). The van der Waals surface area contributed by atoms with Gasteiger partial charge >= 0.3 is 0 Å². The Kier molecular flexibility index (Phi) is 7.00. The van der Waals surface area contributed by atoms with Crippen LogP contribution in [0.2, 0.25) is 0 Å². The lowest BCUT2D eigenvalue weighted by atomic mass is 9.83. The molecular formula is C26H38N8O2. The number of piperidine rings is 1. The van der Waals surface area contributed by atoms with Crippen molar-refractivity contribution in [3.05, 3.63) is 30.1 Å². The second kappa shape index (κ2) is 10.2. The number of nitrogens with zero attached hydrogens (tertiary/aromatic N) is 6. The van der Waals surface area contributed by atoms with Crippen molar-refractivity contribution in [2.45, 2.75) is 38.8 Å². The monoisotopic (exact) mass is 494 g/mol. The van der Waals surface area contributed by atoms with Crippen LogP contribution in [0.1, 0.15) is 32.5 Å². The lowest BCUT2D eigenvalue weighted by molar-refractivity contribution is -0.0495. The Morgan fingerprint density at radius 3 is 2.50 bits per heavy atom. The highest BCUT2D eigenvalue weighted by Crippen LogP contribution is 2.32. The number of hydrogen-bond acceptors (Lipinski definition) is 9. The predicted molar refractivity (Wildman–Crippen MR) is 143 cm³/mol. The maximum Gasteiger partial charge on any atom is 0.231 e. The minimum Gasteiger partial charge on any atom is -0.397 e. The summed E-state index contributed by atoms with van der Waals surface area (Å²) in [6.07, 6.45) is 2.24. The van der Waals surface area contributed by atoms with Gasteiger partial charge in [-0.15, -0.1) is 0 Å². The second-order valence-electron chi connectivity index (χ2n) is 10.3. The first-order chi connectivity index (χ1) is 17.4. The van der Waals surface area contributed by atoms with Gasteiger partial charge in [-0.25, -0.2) is 4.98 Å². The molecule has 10 nitrogen and oxygen atoms in total. The lowest BCUT2D eigenvalue weighted by Gasteiger charge is -2.39. The molecule has 0 unspecified atom stereocenters. The molecule has 0 bridgehead atoms. The van der Waals surface area contributed by atoms with Crippen LogP contribution in [0, 0.1) is 5.92 Å². The maximum absolute atomic E-state index is 6.17. The predicted octanol–water partition coefficient (Wildman–Crippen LogP) is 3.16. The van der Waals surface area contributed by atoms with Crippen LogP contribution in [0.4, 0.5) is 23.1 Å². The molecule has 194 valence electrons. The molecule has 4 heterocycles. The third-order valence-corrected chi connectivity index (χ3v) is 7.77. The summed E-state index contributed by atoms with van der Waals surface area (Å²) in [4.78, 5) is 19.6. The number of methoxy groups -OCH3 is 1. The fourth-order valence-corrected chi connectivity index (χ4v) is 5.17. The number of anilines is 4. The van der Waals surface area contributed by atoms with Crippen molar-refractivity contribution in [3.63, 3.8) is 0 Å². The summed E-state index contributed by atoms with van der Waals surface area (Å²) in [7, 11) is 3.86. The molecule has 3 aromatic rings. The number of nitrogens with two attached hydrogens (primary N) is 1. The van der Waals surface area contributed by atoms with Gasteiger partial charge in [-0.05, 0) is 57.8 Å². The van der Waals surface area contributed by atoms with Gasteiger partial charge in [0.15, 0.2) is 17.0 Å². The number of rotatable bonds is 7. The first-order valence-corrected chi connectivity index (χ1v) is 12.8. The summed E-state index contributed by atoms with van der Waals surface area (Å²) >= 11 is 0. The highest BCUT2D eigenvalue weighted by molar-refractivity contribution is 5.86. The van der Waals surface area contributed by atoms with Crippen molar-refractivity contribution < 1.29 is 9.47 Å². The van der Waals surface area contributed by atoms with Crippen LogP contribution in [0.5, 0.6) is 0 Å². The van der Waals surface area contributed by atoms with E-state index in [1.54, 1.807) is 0 Å². The van der Waals surface area contributed by atoms with Crippen LogP contribution in [-0.2, 0) is 23.1 Å². The highest BCUT2D eigenvalue weighted by Gasteiger charge is 2.33. The Balaban J connectivity index is 1.43. The van der Waals surface area contributed by atoms with Gasteiger partial charge in [0.2, 0.25) is 5.95 Å². The Labute approximate surface area is 212 Å². The summed E-state index contributed by atoms with van der Waals surface area (Å²) < 4.78 is 13.4. The summed E-state index contributed by atoms with van der Waals surface area (Å²) in [6, 6.07) is 7.65. The van der Waals surface area contributed by atoms with E-state index in [9.17, 15) is 0 Å². The van der Waals surface area contributed by atoms with Crippen molar-refractivity contribution >= 4 is 34.3 Å². The van der Waals surface area contributed by atoms with Crippen LogP contribution in [-0.4, -0.2) is 76.5 Å². The lowest BCUT2D eigenvalue weighted by Crippen LogP contribution is -2.42. The molecule has 10 heteroatoms. The van der Waals surface area contributed by atoms with E-state index in [1.165, 1.54) is 0 Å². The zero-order valence-corrected chi connectivity index (χ0v) is 21.8. The van der Waals surface area contributed by atoms with E-state index in [2.05, 4.69) is 33.5 Å². The van der Waals surface area contributed by atoms with E-state index >= 15 is 0 Å². The average molecular weight is 495 g/mol. The number of para-hydroxylation sites is 2. The van der Waals surface area contributed by atoms with E-state index in [0.717, 1.165) is 74.1 Å². The summed E-state index contributed by atoms with van der Waals surface area (Å²) in [6.45, 7) is 10.1. The molecular weight excluding hydrogens is 456 g/mol. The molecule has 36 heavy (non-hydrogen) atoms. The number of nitrogen functional groups attached to an aromatic ring is 1. The average Bonchev–Trinajstić information content (AvgIpc) is 3.21. The van der Waals surface area contributed by atoms with Crippen molar-refractivity contribution in [1.29, 1.82) is 0 Å². The van der Waals surface area contributed by atoms with E-state index in [1.807, 2.05) is 38.4 Å². The molecule has 0 radical (unpaired) electrons. The molecule has 0 amide bonds. The van der Waals surface area contributed by atoms with Crippen molar-refractivity contribution in [2.75, 3.05) is 62.5 Å². The zero-order chi connectivity index (χ0) is 25.3. The number of hydrogen-bond donors (Lipinski definition) is 2. The molecule has 2 aromatic heterocycles. The van der Waals surface area contributed by atoms with E-state index in [-0.39, 0.29) is 5.60 Å². The zero-order valence-electron chi connectivity index (χ0n) is 21.8. The quantitative estimate of drug-likeness (QED) is 0.479. The molecule has 0 spiro atoms. The number of ether oxygens (including phenoxy) is 2. The molecule has 0 atom stereocenters. The number of fused-ring (bicyclic) bond motifs is 1. The fraction of sp³-hybridized carbons (Fsp3) is 0.577. The van der Waals surface area contributed by atoms with E-state index in [4.69, 9.17) is 30.2 Å². The topological polar surface area (TPSA) is 107 Å². The molecule has 2 aliphatic rings. The van der Waals surface area contributed by atoms with Gasteiger partial charge in [0, 0.05) is 27.2 Å². The molecule has 5 rings (SSSR count). The third-order valence-electron chi connectivity index (χ3n) is 7.77. The molecule has 0 aliphatic carbocycles. The van der Waals surface area contributed by atoms with Crippen LogP contribution in [0.15, 0.2) is 24.3 Å². The van der Waals surface area contributed by atoms with Gasteiger partial charge in [-0.2, -0.15) is 9.97 Å². The number of morpholine rings is 1. The minimum atomic E-state index is -0.0851. The number of aryl methyl sites for hydroxylation is 1. The number of benzene rings is 1. The molecule has 3 N–H and O–H groups in total. The number of likely N-dealkylation sites (tertiary alicyclic amines) is 1. The number of imidazole rings is 1. The summed E-state index contributed by atoms with van der Waals surface area (Å²) in [5.74, 6) is 2.91. The summed E-state index contributed by atoms with van der Waals surface area (Å²) in [5.41, 5.74) is 9.17. The van der Waals surface area contributed by atoms with Gasteiger partial charge in [-0.1, -0.05) is 12.1 Å². The minimum absolute atomic E-state index is 0.0851. The Morgan fingerprint density at radius 2 is 1.81 bits per heavy atom. The molecule has 0 saturated carbocycles. The SMILES string of the molecule is COC(C)(C)C1CCN(Cc2nc3c(N4CCOCC4)nc(Nc4ccccc4N)nc3n2C)CC1. The van der Waals surface area contributed by atoms with Crippen LogP contribution in [0.3, 0.4) is 0 Å². The van der Waals surface area contributed by atoms with Crippen molar-refractivity contribution in [3.8, 4) is 0 Å². The fourth-order valence-electron chi connectivity index (χ4n) is 5.17. The smallest absolute Gasteiger partial charge is 0.231 e.